The third-order valence-electron chi connectivity index (χ3n) is 5.96. The van der Waals surface area contributed by atoms with Gasteiger partial charge in [-0.3, -0.25) is 14.7 Å². The molecule has 3 aromatic carbocycles. The van der Waals surface area contributed by atoms with Crippen LogP contribution in [0.5, 0.6) is 0 Å². The van der Waals surface area contributed by atoms with Crippen molar-refractivity contribution in [3.8, 4) is 11.1 Å². The first-order chi connectivity index (χ1) is 16.0. The van der Waals surface area contributed by atoms with Crippen LogP contribution >= 0.6 is 0 Å². The Morgan fingerprint density at radius 2 is 1.55 bits per heavy atom. The topological polar surface area (TPSA) is 69.3 Å². The van der Waals surface area contributed by atoms with Crippen LogP contribution in [-0.2, 0) is 6.54 Å². The first-order valence-corrected chi connectivity index (χ1v) is 11.2. The Morgan fingerprint density at radius 1 is 0.848 bits per heavy atom. The largest absolute Gasteiger partial charge is 0.339 e. The van der Waals surface area contributed by atoms with Crippen molar-refractivity contribution in [2.45, 2.75) is 20.4 Å². The number of aromatic amines is 1. The quantitative estimate of drug-likeness (QED) is 0.440. The van der Waals surface area contributed by atoms with Gasteiger partial charge < -0.3 is 9.80 Å². The molecular formula is C27H28N4O2. The summed E-state index contributed by atoms with van der Waals surface area (Å²) >= 11 is 0. The normalized spacial score (nSPS) is 10.9. The third-order valence-corrected chi connectivity index (χ3v) is 5.96. The third kappa shape index (κ3) is 4.51. The average molecular weight is 441 g/mol. The zero-order chi connectivity index (χ0) is 23.4. The van der Waals surface area contributed by atoms with Crippen LogP contribution < -0.4 is 0 Å². The first-order valence-electron chi connectivity index (χ1n) is 11.2. The second kappa shape index (κ2) is 9.69. The number of fused-ring (bicyclic) bond motifs is 1. The Kier molecular flexibility index (Phi) is 6.54. The van der Waals surface area contributed by atoms with Crippen LogP contribution in [0.25, 0.3) is 21.9 Å². The molecule has 0 saturated carbocycles. The summed E-state index contributed by atoms with van der Waals surface area (Å²) in [6, 6.07) is 21.4. The van der Waals surface area contributed by atoms with Crippen LogP contribution in [0.1, 0.15) is 40.3 Å². The van der Waals surface area contributed by atoms with E-state index in [9.17, 15) is 9.59 Å². The molecule has 0 spiro atoms. The summed E-state index contributed by atoms with van der Waals surface area (Å²) in [5.41, 5.74) is 4.25. The van der Waals surface area contributed by atoms with E-state index in [1.165, 1.54) is 0 Å². The van der Waals surface area contributed by atoms with Crippen LogP contribution in [0.2, 0.25) is 0 Å². The molecule has 33 heavy (non-hydrogen) atoms. The highest BCUT2D eigenvalue weighted by atomic mass is 16.2. The van der Waals surface area contributed by atoms with Gasteiger partial charge in [-0.1, -0.05) is 42.5 Å². The van der Waals surface area contributed by atoms with E-state index in [0.717, 1.165) is 27.6 Å². The van der Waals surface area contributed by atoms with Crippen molar-refractivity contribution < 1.29 is 9.59 Å². The van der Waals surface area contributed by atoms with Gasteiger partial charge >= 0.3 is 0 Å². The van der Waals surface area contributed by atoms with Gasteiger partial charge in [0.15, 0.2) is 0 Å². The second-order valence-corrected chi connectivity index (χ2v) is 8.00. The smallest absolute Gasteiger partial charge is 0.254 e. The Labute approximate surface area is 193 Å². The number of nitrogens with zero attached hydrogens (tertiary/aromatic N) is 3. The number of nitrogens with one attached hydrogen (secondary N) is 1. The highest BCUT2D eigenvalue weighted by Gasteiger charge is 2.18. The second-order valence-electron chi connectivity index (χ2n) is 8.00. The Hall–Kier alpha value is -3.93. The van der Waals surface area contributed by atoms with E-state index in [2.05, 4.69) is 10.2 Å². The van der Waals surface area contributed by atoms with Gasteiger partial charge in [-0.2, -0.15) is 5.10 Å². The maximum absolute atomic E-state index is 13.2. The molecule has 0 saturated heterocycles. The van der Waals surface area contributed by atoms with Crippen molar-refractivity contribution in [3.63, 3.8) is 0 Å². The standard InChI is InChI=1S/C27H28N4O2/c1-4-31(5-2)26(32)20-12-10-19(11-13-20)22-14-15-25(24-9-7-6-8-23(22)24)27(33)30(3)18-21-16-17-28-29-21/h6-17H,4-5,18H2,1-3H3,(H,28,29). The van der Waals surface area contributed by atoms with Gasteiger partial charge in [0.2, 0.25) is 0 Å². The van der Waals surface area contributed by atoms with Gasteiger partial charge in [0.1, 0.15) is 0 Å². The van der Waals surface area contributed by atoms with Crippen molar-refractivity contribution in [3.05, 3.63) is 89.7 Å². The number of hydrogen-bond donors (Lipinski definition) is 1. The molecule has 1 heterocycles. The van der Waals surface area contributed by atoms with Crippen molar-refractivity contribution >= 4 is 22.6 Å². The van der Waals surface area contributed by atoms with E-state index in [4.69, 9.17) is 0 Å². The highest BCUT2D eigenvalue weighted by molar-refractivity contribution is 6.11. The van der Waals surface area contributed by atoms with E-state index in [1.807, 2.05) is 85.5 Å². The molecule has 1 aromatic heterocycles. The molecule has 0 bridgehead atoms. The van der Waals surface area contributed by atoms with Crippen molar-refractivity contribution in [2.75, 3.05) is 20.1 Å². The molecule has 4 rings (SSSR count). The molecule has 0 aliphatic carbocycles. The van der Waals surface area contributed by atoms with E-state index in [-0.39, 0.29) is 11.8 Å². The maximum Gasteiger partial charge on any atom is 0.254 e. The lowest BCUT2D eigenvalue weighted by Gasteiger charge is -2.19. The van der Waals surface area contributed by atoms with Crippen LogP contribution in [0.15, 0.2) is 72.9 Å². The zero-order valence-electron chi connectivity index (χ0n) is 19.2. The van der Waals surface area contributed by atoms with E-state index in [1.54, 1.807) is 18.1 Å². The molecule has 0 atom stereocenters. The van der Waals surface area contributed by atoms with E-state index in [0.29, 0.717) is 30.8 Å². The van der Waals surface area contributed by atoms with Gasteiger partial charge in [0, 0.05) is 37.5 Å². The predicted octanol–water partition coefficient (Wildman–Crippen LogP) is 4.98. The van der Waals surface area contributed by atoms with Crippen LogP contribution in [0.3, 0.4) is 0 Å². The fraction of sp³-hybridized carbons (Fsp3) is 0.222. The molecule has 4 aromatic rings. The lowest BCUT2D eigenvalue weighted by molar-refractivity contribution is 0.0769. The highest BCUT2D eigenvalue weighted by Crippen LogP contribution is 2.32. The number of benzene rings is 3. The Morgan fingerprint density at radius 3 is 2.18 bits per heavy atom. The van der Waals surface area contributed by atoms with Crippen LogP contribution in [0, 0.1) is 0 Å². The summed E-state index contributed by atoms with van der Waals surface area (Å²) in [5, 5.41) is 8.75. The minimum Gasteiger partial charge on any atom is -0.339 e. The zero-order valence-corrected chi connectivity index (χ0v) is 19.2. The molecule has 0 aliphatic heterocycles. The van der Waals surface area contributed by atoms with Crippen molar-refractivity contribution in [2.24, 2.45) is 0 Å². The number of amides is 2. The number of carbonyl (C=O) groups excluding carboxylic acids is 2. The van der Waals surface area contributed by atoms with Gasteiger partial charge in [-0.05, 0) is 60.0 Å². The molecular weight excluding hydrogens is 412 g/mol. The molecule has 0 radical (unpaired) electrons. The van der Waals surface area contributed by atoms with Crippen molar-refractivity contribution in [1.82, 2.24) is 20.0 Å². The van der Waals surface area contributed by atoms with Gasteiger partial charge in [-0.25, -0.2) is 0 Å². The molecule has 168 valence electrons. The summed E-state index contributed by atoms with van der Waals surface area (Å²) < 4.78 is 0. The number of H-pyrrole nitrogens is 1. The number of hydrogen-bond acceptors (Lipinski definition) is 3. The van der Waals surface area contributed by atoms with Gasteiger partial charge in [-0.15, -0.1) is 0 Å². The first kappa shape index (κ1) is 22.3. The number of aromatic nitrogens is 2. The van der Waals surface area contributed by atoms with Gasteiger partial charge in [0.05, 0.1) is 12.2 Å². The minimum atomic E-state index is -0.0486. The monoisotopic (exact) mass is 440 g/mol. The fourth-order valence-corrected chi connectivity index (χ4v) is 4.13. The van der Waals surface area contributed by atoms with E-state index >= 15 is 0 Å². The maximum atomic E-state index is 13.2. The lowest BCUT2D eigenvalue weighted by atomic mass is 9.94. The Balaban J connectivity index is 1.67. The van der Waals surface area contributed by atoms with Crippen LogP contribution in [-0.4, -0.2) is 51.9 Å². The Bertz CT molecular complexity index is 1260. The summed E-state index contributed by atoms with van der Waals surface area (Å²) in [5.74, 6) is -0.00910. The average Bonchev–Trinajstić information content (AvgIpc) is 3.36. The summed E-state index contributed by atoms with van der Waals surface area (Å²) in [6.07, 6.45) is 1.68. The fourth-order valence-electron chi connectivity index (χ4n) is 4.13. The van der Waals surface area contributed by atoms with Gasteiger partial charge in [0.25, 0.3) is 11.8 Å². The van der Waals surface area contributed by atoms with Crippen LogP contribution in [0.4, 0.5) is 0 Å². The minimum absolute atomic E-state index is 0.0395. The molecule has 0 fully saturated rings. The molecule has 0 aliphatic rings. The molecule has 6 heteroatoms. The molecule has 2 amide bonds. The predicted molar refractivity (Wildman–Crippen MR) is 131 cm³/mol. The summed E-state index contributed by atoms with van der Waals surface area (Å²) in [6.45, 7) is 5.80. The molecule has 0 unspecified atom stereocenters. The molecule has 6 nitrogen and oxygen atoms in total. The van der Waals surface area contributed by atoms with Crippen molar-refractivity contribution in [1.29, 1.82) is 0 Å². The molecule has 1 N–H and O–H groups in total. The summed E-state index contributed by atoms with van der Waals surface area (Å²) in [7, 11) is 1.79. The van der Waals surface area contributed by atoms with E-state index < -0.39 is 0 Å². The number of carbonyl (C=O) groups is 2. The number of rotatable bonds is 7. The SMILES string of the molecule is CCN(CC)C(=O)c1ccc(-c2ccc(C(=O)N(C)Cc3ccn[nH]3)c3ccccc23)cc1. The lowest BCUT2D eigenvalue weighted by Crippen LogP contribution is -2.30. The summed E-state index contributed by atoms with van der Waals surface area (Å²) in [4.78, 5) is 29.4.